The Morgan fingerprint density at radius 2 is 2.11 bits per heavy atom. The van der Waals surface area contributed by atoms with Gasteiger partial charge in [0.2, 0.25) is 17.1 Å². The molecule has 9 heteroatoms. The lowest BCUT2D eigenvalue weighted by Gasteiger charge is -2.34. The minimum atomic E-state index is -0.534. The van der Waals surface area contributed by atoms with E-state index in [9.17, 15) is 9.59 Å². The first-order valence-corrected chi connectivity index (χ1v) is 5.94. The molecule has 0 bridgehead atoms. The molecule has 1 saturated heterocycles. The standard InChI is InChI=1S/C9H9Cl2N5O2/c1-2-4-8(18)12-5(17)3-16(4)7-6(10)14-15-9(11)13-7/h4H,2-3H2,1H3,(H,12,17,18). The summed E-state index contributed by atoms with van der Waals surface area (Å²) in [5.74, 6) is -0.623. The molecular weight excluding hydrogens is 281 g/mol. The molecule has 2 rings (SSSR count). The molecule has 1 unspecified atom stereocenters. The van der Waals surface area contributed by atoms with Crippen molar-refractivity contribution in [3.05, 3.63) is 10.4 Å². The van der Waals surface area contributed by atoms with E-state index in [0.717, 1.165) is 0 Å². The lowest BCUT2D eigenvalue weighted by atomic mass is 10.1. The summed E-state index contributed by atoms with van der Waals surface area (Å²) in [6.45, 7) is 1.79. The van der Waals surface area contributed by atoms with Gasteiger partial charge in [-0.25, -0.2) is 0 Å². The Balaban J connectivity index is 2.42. The normalized spacial score (nSPS) is 19.9. The maximum Gasteiger partial charge on any atom is 0.249 e. The molecule has 0 radical (unpaired) electrons. The van der Waals surface area contributed by atoms with Crippen LogP contribution in [0.3, 0.4) is 0 Å². The minimum absolute atomic E-state index is 0.000324. The predicted octanol–water partition coefficient (Wildman–Crippen LogP) is 0.420. The van der Waals surface area contributed by atoms with Crippen LogP contribution in [0.5, 0.6) is 0 Å². The van der Waals surface area contributed by atoms with Crippen LogP contribution in [0, 0.1) is 0 Å². The zero-order valence-corrected chi connectivity index (χ0v) is 10.9. The van der Waals surface area contributed by atoms with Crippen LogP contribution in [0.2, 0.25) is 10.4 Å². The third-order valence-corrected chi connectivity index (χ3v) is 2.92. The van der Waals surface area contributed by atoms with Crippen molar-refractivity contribution in [3.8, 4) is 0 Å². The molecule has 7 nitrogen and oxygen atoms in total. The molecule has 1 fully saturated rings. The summed E-state index contributed by atoms with van der Waals surface area (Å²) in [6, 6.07) is -0.534. The van der Waals surface area contributed by atoms with Gasteiger partial charge >= 0.3 is 0 Å². The molecule has 1 aliphatic heterocycles. The summed E-state index contributed by atoms with van der Waals surface area (Å²) < 4.78 is 0. The van der Waals surface area contributed by atoms with E-state index in [1.54, 1.807) is 0 Å². The average Bonchev–Trinajstić information content (AvgIpc) is 2.31. The van der Waals surface area contributed by atoms with Crippen molar-refractivity contribution < 1.29 is 9.59 Å². The highest BCUT2D eigenvalue weighted by molar-refractivity contribution is 6.32. The van der Waals surface area contributed by atoms with Crippen molar-refractivity contribution in [2.75, 3.05) is 11.4 Å². The van der Waals surface area contributed by atoms with Crippen molar-refractivity contribution in [2.24, 2.45) is 0 Å². The molecule has 1 aromatic heterocycles. The number of hydrogen-bond acceptors (Lipinski definition) is 6. The van der Waals surface area contributed by atoms with Crippen molar-refractivity contribution >= 4 is 40.8 Å². The van der Waals surface area contributed by atoms with Crippen LogP contribution in [0.1, 0.15) is 13.3 Å². The fourth-order valence-electron chi connectivity index (χ4n) is 1.76. The summed E-state index contributed by atoms with van der Waals surface area (Å²) >= 11 is 11.5. The SMILES string of the molecule is CCC1C(=O)NC(=O)CN1c1nc(Cl)nnc1Cl. The van der Waals surface area contributed by atoms with E-state index in [4.69, 9.17) is 23.2 Å². The van der Waals surface area contributed by atoms with Gasteiger partial charge in [-0.2, -0.15) is 4.98 Å². The van der Waals surface area contributed by atoms with E-state index in [1.807, 2.05) is 6.92 Å². The number of piperazine rings is 1. The molecule has 18 heavy (non-hydrogen) atoms. The van der Waals surface area contributed by atoms with Gasteiger partial charge in [0.15, 0.2) is 11.0 Å². The molecule has 2 amide bonds. The Hall–Kier alpha value is -1.47. The fraction of sp³-hybridized carbons (Fsp3) is 0.444. The van der Waals surface area contributed by atoms with Gasteiger partial charge < -0.3 is 4.90 Å². The van der Waals surface area contributed by atoms with Crippen LogP contribution in [0.25, 0.3) is 0 Å². The molecule has 1 aliphatic rings. The maximum atomic E-state index is 11.7. The molecule has 2 heterocycles. The Morgan fingerprint density at radius 1 is 1.39 bits per heavy atom. The number of carbonyl (C=O) groups excluding carboxylic acids is 2. The van der Waals surface area contributed by atoms with Crippen LogP contribution >= 0.6 is 23.2 Å². The van der Waals surface area contributed by atoms with E-state index in [-0.39, 0.29) is 28.7 Å². The topological polar surface area (TPSA) is 88.1 Å². The Morgan fingerprint density at radius 3 is 2.78 bits per heavy atom. The molecule has 1 N–H and O–H groups in total. The number of nitrogens with one attached hydrogen (secondary N) is 1. The first-order valence-electron chi connectivity index (χ1n) is 5.19. The Bertz CT molecular complexity index is 510. The number of halogens is 2. The maximum absolute atomic E-state index is 11.7. The zero-order valence-electron chi connectivity index (χ0n) is 9.35. The lowest BCUT2D eigenvalue weighted by molar-refractivity contribution is -0.132. The van der Waals surface area contributed by atoms with Crippen LogP contribution in [-0.2, 0) is 9.59 Å². The highest BCUT2D eigenvalue weighted by Gasteiger charge is 2.34. The van der Waals surface area contributed by atoms with Crippen LogP contribution in [0.15, 0.2) is 0 Å². The number of rotatable bonds is 2. The first kappa shape index (κ1) is 13.0. The molecule has 0 spiro atoms. The smallest absolute Gasteiger partial charge is 0.249 e. The molecule has 96 valence electrons. The second-order valence-electron chi connectivity index (χ2n) is 3.66. The Kier molecular flexibility index (Phi) is 3.63. The number of anilines is 1. The van der Waals surface area contributed by atoms with Gasteiger partial charge in [-0.3, -0.25) is 14.9 Å². The van der Waals surface area contributed by atoms with Gasteiger partial charge in [-0.05, 0) is 18.0 Å². The number of nitrogens with zero attached hydrogens (tertiary/aromatic N) is 4. The van der Waals surface area contributed by atoms with E-state index in [1.165, 1.54) is 4.90 Å². The van der Waals surface area contributed by atoms with Crippen molar-refractivity contribution in [1.29, 1.82) is 0 Å². The van der Waals surface area contributed by atoms with Gasteiger partial charge in [-0.15, -0.1) is 10.2 Å². The summed E-state index contributed by atoms with van der Waals surface area (Å²) in [5.41, 5.74) is 0. The monoisotopic (exact) mass is 289 g/mol. The highest BCUT2D eigenvalue weighted by Crippen LogP contribution is 2.25. The largest absolute Gasteiger partial charge is 0.333 e. The summed E-state index contributed by atoms with van der Waals surface area (Å²) in [7, 11) is 0. The van der Waals surface area contributed by atoms with Crippen LogP contribution in [-0.4, -0.2) is 39.6 Å². The average molecular weight is 290 g/mol. The summed E-state index contributed by atoms with van der Waals surface area (Å²) in [5, 5.41) is 9.25. The van der Waals surface area contributed by atoms with Gasteiger partial charge in [-0.1, -0.05) is 18.5 Å². The third-order valence-electron chi connectivity index (χ3n) is 2.52. The van der Waals surface area contributed by atoms with E-state index >= 15 is 0 Å². The second kappa shape index (κ2) is 5.03. The van der Waals surface area contributed by atoms with Gasteiger partial charge in [0.1, 0.15) is 6.04 Å². The van der Waals surface area contributed by atoms with Crippen molar-refractivity contribution in [2.45, 2.75) is 19.4 Å². The second-order valence-corrected chi connectivity index (χ2v) is 4.36. The molecule has 0 aromatic carbocycles. The van der Waals surface area contributed by atoms with Crippen molar-refractivity contribution in [3.63, 3.8) is 0 Å². The van der Waals surface area contributed by atoms with E-state index < -0.39 is 11.9 Å². The summed E-state index contributed by atoms with van der Waals surface area (Å²) in [4.78, 5) is 28.5. The molecule has 0 aliphatic carbocycles. The third kappa shape index (κ3) is 2.37. The van der Waals surface area contributed by atoms with E-state index in [2.05, 4.69) is 20.5 Å². The van der Waals surface area contributed by atoms with Gasteiger partial charge in [0, 0.05) is 0 Å². The van der Waals surface area contributed by atoms with Crippen molar-refractivity contribution in [1.82, 2.24) is 20.5 Å². The molecule has 1 atom stereocenters. The van der Waals surface area contributed by atoms with Gasteiger partial charge in [0.25, 0.3) is 0 Å². The quantitative estimate of drug-likeness (QED) is 0.794. The van der Waals surface area contributed by atoms with Gasteiger partial charge in [0.05, 0.1) is 6.54 Å². The number of hydrogen-bond donors (Lipinski definition) is 1. The summed E-state index contributed by atoms with van der Waals surface area (Å²) in [6.07, 6.45) is 0.497. The molecular formula is C9H9Cl2N5O2. The number of imide groups is 1. The predicted molar refractivity (Wildman–Crippen MR) is 64.4 cm³/mol. The fourth-order valence-corrected chi connectivity index (χ4v) is 2.07. The minimum Gasteiger partial charge on any atom is -0.333 e. The molecule has 0 saturated carbocycles. The number of amides is 2. The van der Waals surface area contributed by atoms with Crippen LogP contribution in [0.4, 0.5) is 5.82 Å². The van der Waals surface area contributed by atoms with E-state index in [0.29, 0.717) is 6.42 Å². The first-order chi connectivity index (χ1) is 8.52. The van der Waals surface area contributed by atoms with Crippen LogP contribution < -0.4 is 10.2 Å². The number of aromatic nitrogens is 3. The zero-order chi connectivity index (χ0) is 13.3. The molecule has 1 aromatic rings. The lowest BCUT2D eigenvalue weighted by Crippen LogP contribution is -2.58. The number of carbonyl (C=O) groups is 2. The highest BCUT2D eigenvalue weighted by atomic mass is 35.5. The Labute approximate surface area is 112 Å².